The highest BCUT2D eigenvalue weighted by atomic mass is 32.1. The van der Waals surface area contributed by atoms with Crippen molar-refractivity contribution in [2.45, 2.75) is 6.36 Å². The molecule has 8 heteroatoms. The quantitative estimate of drug-likeness (QED) is 0.721. The van der Waals surface area contributed by atoms with Crippen molar-refractivity contribution in [3.63, 3.8) is 0 Å². The van der Waals surface area contributed by atoms with Gasteiger partial charge in [-0.25, -0.2) is 0 Å². The summed E-state index contributed by atoms with van der Waals surface area (Å²) < 4.78 is 45.1. The van der Waals surface area contributed by atoms with Gasteiger partial charge in [-0.05, 0) is 35.7 Å². The Kier molecular flexibility index (Phi) is 3.38. The fourth-order valence-corrected chi connectivity index (χ4v) is 2.29. The third kappa shape index (κ3) is 3.22. The topological polar surface area (TPSA) is 48.2 Å². The number of nitrogens with zero attached hydrogens (tertiary/aromatic N) is 2. The lowest BCUT2D eigenvalue weighted by atomic mass is 10.2. The molecule has 0 atom stereocenters. The zero-order chi connectivity index (χ0) is 14.9. The number of aromatic nitrogens is 2. The third-order valence-corrected chi connectivity index (χ3v) is 3.36. The van der Waals surface area contributed by atoms with E-state index in [-0.39, 0.29) is 5.75 Å². The predicted molar refractivity (Wildman–Crippen MR) is 69.7 cm³/mol. The van der Waals surface area contributed by atoms with Gasteiger partial charge in [0, 0.05) is 5.56 Å². The molecule has 2 heterocycles. The number of halogens is 3. The fourth-order valence-electron chi connectivity index (χ4n) is 1.65. The summed E-state index contributed by atoms with van der Waals surface area (Å²) in [7, 11) is 0. The Balaban J connectivity index is 1.81. The summed E-state index contributed by atoms with van der Waals surface area (Å²) in [5.74, 6) is 0.376. The van der Waals surface area contributed by atoms with Crippen molar-refractivity contribution < 1.29 is 22.4 Å². The highest BCUT2D eigenvalue weighted by Crippen LogP contribution is 2.28. The molecule has 0 aliphatic carbocycles. The Morgan fingerprint density at radius 3 is 2.48 bits per heavy atom. The summed E-state index contributed by atoms with van der Waals surface area (Å²) >= 11 is 1.45. The molecule has 0 aliphatic rings. The lowest BCUT2D eigenvalue weighted by Crippen LogP contribution is -2.16. The molecule has 0 aliphatic heterocycles. The molecular formula is C13H7F3N2O2S. The molecule has 1 aromatic carbocycles. The van der Waals surface area contributed by atoms with Crippen LogP contribution in [0, 0.1) is 0 Å². The van der Waals surface area contributed by atoms with Gasteiger partial charge < -0.3 is 9.26 Å². The largest absolute Gasteiger partial charge is 0.573 e. The predicted octanol–water partition coefficient (Wildman–Crippen LogP) is 4.36. The number of ether oxygens (including phenoxy) is 1. The minimum Gasteiger partial charge on any atom is -0.406 e. The average molecular weight is 312 g/mol. The molecule has 0 saturated heterocycles. The van der Waals surface area contributed by atoms with Gasteiger partial charge in [-0.1, -0.05) is 11.2 Å². The summed E-state index contributed by atoms with van der Waals surface area (Å²) in [5, 5.41) is 5.68. The molecule has 0 saturated carbocycles. The average Bonchev–Trinajstić information content (AvgIpc) is 3.09. The number of hydrogen-bond donors (Lipinski definition) is 0. The lowest BCUT2D eigenvalue weighted by Gasteiger charge is -2.08. The zero-order valence-corrected chi connectivity index (χ0v) is 11.1. The lowest BCUT2D eigenvalue weighted by molar-refractivity contribution is -0.274. The second-order valence-corrected chi connectivity index (χ2v) is 4.92. The van der Waals surface area contributed by atoms with Crippen LogP contribution in [0.1, 0.15) is 0 Å². The molecule has 0 unspecified atom stereocenters. The van der Waals surface area contributed by atoms with Crippen molar-refractivity contribution in [1.29, 1.82) is 0 Å². The summed E-state index contributed by atoms with van der Waals surface area (Å²) in [4.78, 5) is 5.02. The second-order valence-electron chi connectivity index (χ2n) is 3.97. The van der Waals surface area contributed by atoms with Gasteiger partial charge in [0.15, 0.2) is 0 Å². The normalized spacial score (nSPS) is 11.6. The first-order valence-corrected chi connectivity index (χ1v) is 6.63. The van der Waals surface area contributed by atoms with E-state index in [1.54, 1.807) is 0 Å². The van der Waals surface area contributed by atoms with E-state index < -0.39 is 6.36 Å². The van der Waals surface area contributed by atoms with E-state index in [4.69, 9.17) is 4.52 Å². The van der Waals surface area contributed by atoms with E-state index in [0.29, 0.717) is 17.3 Å². The highest BCUT2D eigenvalue weighted by Gasteiger charge is 2.31. The summed E-state index contributed by atoms with van der Waals surface area (Å²) in [6.07, 6.45) is -4.71. The van der Waals surface area contributed by atoms with Crippen LogP contribution < -0.4 is 4.74 Å². The maximum Gasteiger partial charge on any atom is 0.573 e. The van der Waals surface area contributed by atoms with Crippen LogP contribution in [0.15, 0.2) is 46.3 Å². The maximum atomic E-state index is 12.1. The van der Waals surface area contributed by atoms with Gasteiger partial charge >= 0.3 is 6.36 Å². The molecular weight excluding hydrogens is 305 g/mol. The van der Waals surface area contributed by atoms with Crippen LogP contribution in [-0.4, -0.2) is 16.5 Å². The Hall–Kier alpha value is -2.35. The van der Waals surface area contributed by atoms with Gasteiger partial charge in [-0.3, -0.25) is 0 Å². The van der Waals surface area contributed by atoms with Crippen molar-refractivity contribution >= 4 is 11.3 Å². The van der Waals surface area contributed by atoms with Crippen molar-refractivity contribution in [2.75, 3.05) is 0 Å². The van der Waals surface area contributed by atoms with Crippen LogP contribution in [0.3, 0.4) is 0 Å². The van der Waals surface area contributed by atoms with E-state index in [9.17, 15) is 13.2 Å². The summed E-state index contributed by atoms with van der Waals surface area (Å²) in [5.41, 5.74) is 0.538. The van der Waals surface area contributed by atoms with E-state index in [2.05, 4.69) is 14.9 Å². The monoisotopic (exact) mass is 312 g/mol. The molecule has 3 aromatic rings. The molecule has 21 heavy (non-hydrogen) atoms. The third-order valence-electron chi connectivity index (χ3n) is 2.50. The molecule has 0 fully saturated rings. The standard InChI is InChI=1S/C13H7F3N2O2S/c14-13(15,16)19-9-5-3-8(4-6-9)11-17-12(20-18-11)10-2-1-7-21-10/h1-7H. The number of thiophene rings is 1. The first kappa shape index (κ1) is 13.6. The van der Waals surface area contributed by atoms with Crippen LogP contribution in [0.4, 0.5) is 13.2 Å². The number of alkyl halides is 3. The van der Waals surface area contributed by atoms with Crippen LogP contribution >= 0.6 is 11.3 Å². The highest BCUT2D eigenvalue weighted by molar-refractivity contribution is 7.13. The SMILES string of the molecule is FC(F)(F)Oc1ccc(-c2noc(-c3cccs3)n2)cc1. The number of benzene rings is 1. The van der Waals surface area contributed by atoms with E-state index in [1.165, 1.54) is 35.6 Å². The van der Waals surface area contributed by atoms with E-state index in [1.807, 2.05) is 17.5 Å². The second kappa shape index (κ2) is 5.21. The van der Waals surface area contributed by atoms with E-state index in [0.717, 1.165) is 4.88 Å². The zero-order valence-electron chi connectivity index (χ0n) is 10.3. The van der Waals surface area contributed by atoms with Gasteiger partial charge in [-0.2, -0.15) is 4.98 Å². The van der Waals surface area contributed by atoms with Gasteiger partial charge in [0.1, 0.15) is 5.75 Å². The Bertz CT molecular complexity index is 721. The van der Waals surface area contributed by atoms with Gasteiger partial charge in [-0.15, -0.1) is 24.5 Å². The molecule has 3 rings (SSSR count). The number of rotatable bonds is 3. The van der Waals surface area contributed by atoms with Gasteiger partial charge in [0.05, 0.1) is 4.88 Å². The first-order chi connectivity index (χ1) is 10.0. The smallest absolute Gasteiger partial charge is 0.406 e. The fraction of sp³-hybridized carbons (Fsp3) is 0.0769. The van der Waals surface area contributed by atoms with E-state index >= 15 is 0 Å². The first-order valence-electron chi connectivity index (χ1n) is 5.75. The van der Waals surface area contributed by atoms with Crippen molar-refractivity contribution in [2.24, 2.45) is 0 Å². The van der Waals surface area contributed by atoms with Crippen molar-refractivity contribution in [3.8, 4) is 27.9 Å². The molecule has 0 spiro atoms. The van der Waals surface area contributed by atoms with Crippen molar-refractivity contribution in [1.82, 2.24) is 10.1 Å². The molecule has 2 aromatic heterocycles. The minimum atomic E-state index is -4.71. The molecule has 4 nitrogen and oxygen atoms in total. The Morgan fingerprint density at radius 1 is 1.10 bits per heavy atom. The van der Waals surface area contributed by atoms with Gasteiger partial charge in [0.2, 0.25) is 5.82 Å². The maximum absolute atomic E-state index is 12.1. The Labute approximate surface area is 120 Å². The molecule has 108 valence electrons. The summed E-state index contributed by atoms with van der Waals surface area (Å²) in [6, 6.07) is 8.96. The minimum absolute atomic E-state index is 0.298. The van der Waals surface area contributed by atoms with Crippen LogP contribution in [0.2, 0.25) is 0 Å². The van der Waals surface area contributed by atoms with Crippen LogP contribution in [0.25, 0.3) is 22.2 Å². The van der Waals surface area contributed by atoms with Crippen LogP contribution in [0.5, 0.6) is 5.75 Å². The van der Waals surface area contributed by atoms with Gasteiger partial charge in [0.25, 0.3) is 5.89 Å². The molecule has 0 amide bonds. The Morgan fingerprint density at radius 2 is 1.86 bits per heavy atom. The number of hydrogen-bond acceptors (Lipinski definition) is 5. The molecule has 0 radical (unpaired) electrons. The summed E-state index contributed by atoms with van der Waals surface area (Å²) in [6.45, 7) is 0. The molecule has 0 bridgehead atoms. The van der Waals surface area contributed by atoms with Crippen LogP contribution in [-0.2, 0) is 0 Å². The molecule has 0 N–H and O–H groups in total. The van der Waals surface area contributed by atoms with Crippen molar-refractivity contribution in [3.05, 3.63) is 41.8 Å².